The highest BCUT2D eigenvalue weighted by Gasteiger charge is 2.22. The van der Waals surface area contributed by atoms with Crippen LogP contribution >= 0.6 is 0 Å². The molecule has 0 bridgehead atoms. The minimum atomic E-state index is -1.42. The van der Waals surface area contributed by atoms with Crippen LogP contribution in [0.3, 0.4) is 0 Å². The third kappa shape index (κ3) is 12.7. The molecule has 0 aliphatic rings. The number of hydrogen-bond donors (Lipinski definition) is 3. The summed E-state index contributed by atoms with van der Waals surface area (Å²) in [4.78, 5) is 33.3. The number of carbonyl (C=O) groups is 3. The van der Waals surface area contributed by atoms with E-state index in [1.807, 2.05) is 0 Å². The largest absolute Gasteiger partial charge is 0.481 e. The summed E-state index contributed by atoms with van der Waals surface area (Å²) in [5, 5.41) is 19.7. The SMILES string of the molecule is CC(C)=CCC/C(C)=C/CC/C(C)=C/C(=O)N[C@H](CC(=O)O)C(=O)O. The standard InChI is InChI=1S/C19H29NO5/c1-13(2)7-5-8-14(3)9-6-10-15(4)11-17(21)20-16(19(24)25)12-18(22)23/h7,9,11,16H,5-6,8,10,12H2,1-4H3,(H,20,21)(H,22,23)(H,24,25)/b14-9+,15-11+/t16-/m1/s1. The van der Waals surface area contributed by atoms with Gasteiger partial charge in [0.15, 0.2) is 0 Å². The minimum Gasteiger partial charge on any atom is -0.481 e. The van der Waals surface area contributed by atoms with Gasteiger partial charge in [0.1, 0.15) is 6.04 Å². The molecule has 0 fully saturated rings. The summed E-state index contributed by atoms with van der Waals surface area (Å²) in [5.41, 5.74) is 3.41. The Hall–Kier alpha value is -2.37. The molecule has 1 amide bonds. The van der Waals surface area contributed by atoms with Crippen LogP contribution < -0.4 is 5.32 Å². The van der Waals surface area contributed by atoms with Crippen LogP contribution in [0.1, 0.15) is 59.8 Å². The Morgan fingerprint density at radius 3 is 2.00 bits per heavy atom. The van der Waals surface area contributed by atoms with E-state index in [1.165, 1.54) is 17.2 Å². The number of allylic oxidation sites excluding steroid dienone is 5. The fourth-order valence-electron chi connectivity index (χ4n) is 2.12. The minimum absolute atomic E-state index is 0.588. The molecule has 0 spiro atoms. The van der Waals surface area contributed by atoms with Crippen molar-refractivity contribution in [1.82, 2.24) is 5.32 Å². The second kappa shape index (κ2) is 12.1. The molecule has 0 aromatic rings. The number of carboxylic acid groups (broad SMARTS) is 2. The number of carboxylic acids is 2. The smallest absolute Gasteiger partial charge is 0.326 e. The third-order valence-electron chi connectivity index (χ3n) is 3.49. The average Bonchev–Trinajstić information content (AvgIpc) is 2.45. The molecule has 0 radical (unpaired) electrons. The lowest BCUT2D eigenvalue weighted by Crippen LogP contribution is -2.41. The summed E-state index contributed by atoms with van der Waals surface area (Å²) in [6.07, 6.45) is 8.51. The van der Waals surface area contributed by atoms with Crippen LogP contribution in [0.5, 0.6) is 0 Å². The second-order valence-corrected chi connectivity index (χ2v) is 6.40. The molecule has 6 heteroatoms. The van der Waals surface area contributed by atoms with Gasteiger partial charge >= 0.3 is 11.9 Å². The number of nitrogens with one attached hydrogen (secondary N) is 1. The molecule has 0 aliphatic carbocycles. The summed E-state index contributed by atoms with van der Waals surface area (Å²) in [7, 11) is 0. The summed E-state index contributed by atoms with van der Waals surface area (Å²) >= 11 is 0. The van der Waals surface area contributed by atoms with Gasteiger partial charge in [0.05, 0.1) is 6.42 Å². The van der Waals surface area contributed by atoms with Crippen LogP contribution in [0.4, 0.5) is 0 Å². The molecule has 25 heavy (non-hydrogen) atoms. The van der Waals surface area contributed by atoms with Gasteiger partial charge in [-0.05, 0) is 53.4 Å². The lowest BCUT2D eigenvalue weighted by molar-refractivity contribution is -0.146. The van der Waals surface area contributed by atoms with Crippen LogP contribution in [-0.4, -0.2) is 34.1 Å². The molecule has 0 rings (SSSR count). The second-order valence-electron chi connectivity index (χ2n) is 6.40. The molecule has 0 aliphatic heterocycles. The first kappa shape index (κ1) is 22.6. The maximum atomic E-state index is 11.8. The van der Waals surface area contributed by atoms with Crippen molar-refractivity contribution >= 4 is 17.8 Å². The first-order valence-electron chi connectivity index (χ1n) is 8.33. The number of carbonyl (C=O) groups excluding carboxylic acids is 1. The molecule has 6 nitrogen and oxygen atoms in total. The first-order chi connectivity index (χ1) is 11.6. The van der Waals surface area contributed by atoms with E-state index in [0.717, 1.165) is 24.8 Å². The van der Waals surface area contributed by atoms with E-state index in [2.05, 4.69) is 38.2 Å². The maximum absolute atomic E-state index is 11.8. The highest BCUT2D eigenvalue weighted by molar-refractivity contribution is 5.92. The zero-order valence-electron chi connectivity index (χ0n) is 15.5. The predicted octanol–water partition coefficient (Wildman–Crippen LogP) is 3.45. The molecular weight excluding hydrogens is 322 g/mol. The number of rotatable bonds is 11. The van der Waals surface area contributed by atoms with Gasteiger partial charge in [0.2, 0.25) is 5.91 Å². The molecule has 3 N–H and O–H groups in total. The van der Waals surface area contributed by atoms with Crippen molar-refractivity contribution in [3.63, 3.8) is 0 Å². The van der Waals surface area contributed by atoms with E-state index in [0.29, 0.717) is 6.42 Å². The predicted molar refractivity (Wildman–Crippen MR) is 97.2 cm³/mol. The van der Waals surface area contributed by atoms with E-state index < -0.39 is 30.3 Å². The number of hydrogen-bond acceptors (Lipinski definition) is 3. The summed E-state index contributed by atoms with van der Waals surface area (Å²) in [6, 6.07) is -1.42. The van der Waals surface area contributed by atoms with E-state index in [4.69, 9.17) is 10.2 Å². The van der Waals surface area contributed by atoms with Crippen LogP contribution in [-0.2, 0) is 14.4 Å². The summed E-state index contributed by atoms with van der Waals surface area (Å²) < 4.78 is 0. The Bertz CT molecular complexity index is 568. The highest BCUT2D eigenvalue weighted by Crippen LogP contribution is 2.11. The van der Waals surface area contributed by atoms with Crippen LogP contribution in [0, 0.1) is 0 Å². The van der Waals surface area contributed by atoms with Crippen molar-refractivity contribution in [2.45, 2.75) is 65.8 Å². The van der Waals surface area contributed by atoms with Gasteiger partial charge < -0.3 is 15.5 Å². The molecule has 0 aromatic carbocycles. The van der Waals surface area contributed by atoms with Crippen molar-refractivity contribution in [3.05, 3.63) is 34.9 Å². The van der Waals surface area contributed by atoms with Gasteiger partial charge in [-0.3, -0.25) is 9.59 Å². The van der Waals surface area contributed by atoms with Gasteiger partial charge in [0.25, 0.3) is 0 Å². The Labute approximate surface area is 149 Å². The Kier molecular flexibility index (Phi) is 10.9. The average molecular weight is 351 g/mol. The van der Waals surface area contributed by atoms with E-state index in [9.17, 15) is 14.4 Å². The van der Waals surface area contributed by atoms with Crippen molar-refractivity contribution in [2.75, 3.05) is 0 Å². The van der Waals surface area contributed by atoms with Crippen molar-refractivity contribution in [2.24, 2.45) is 0 Å². The Morgan fingerprint density at radius 1 is 0.920 bits per heavy atom. The first-order valence-corrected chi connectivity index (χ1v) is 8.33. The maximum Gasteiger partial charge on any atom is 0.326 e. The molecule has 1 atom stereocenters. The number of aliphatic carboxylic acids is 2. The van der Waals surface area contributed by atoms with Gasteiger partial charge in [-0.1, -0.05) is 28.9 Å². The molecule has 0 saturated heterocycles. The fourth-order valence-corrected chi connectivity index (χ4v) is 2.12. The van der Waals surface area contributed by atoms with Gasteiger partial charge in [0, 0.05) is 6.08 Å². The highest BCUT2D eigenvalue weighted by atomic mass is 16.4. The van der Waals surface area contributed by atoms with Gasteiger partial charge in [-0.25, -0.2) is 4.79 Å². The Balaban J connectivity index is 4.42. The van der Waals surface area contributed by atoms with Crippen LogP contribution in [0.25, 0.3) is 0 Å². The van der Waals surface area contributed by atoms with Gasteiger partial charge in [-0.2, -0.15) is 0 Å². The zero-order valence-corrected chi connectivity index (χ0v) is 15.5. The lowest BCUT2D eigenvalue weighted by atomic mass is 10.1. The molecular formula is C19H29NO5. The normalized spacial score (nSPS) is 13.1. The third-order valence-corrected chi connectivity index (χ3v) is 3.49. The van der Waals surface area contributed by atoms with Gasteiger partial charge in [-0.15, -0.1) is 0 Å². The lowest BCUT2D eigenvalue weighted by Gasteiger charge is -2.11. The molecule has 0 unspecified atom stereocenters. The molecule has 0 aromatic heterocycles. The van der Waals surface area contributed by atoms with E-state index in [-0.39, 0.29) is 0 Å². The van der Waals surface area contributed by atoms with Crippen molar-refractivity contribution in [1.29, 1.82) is 0 Å². The van der Waals surface area contributed by atoms with Crippen LogP contribution in [0.15, 0.2) is 34.9 Å². The molecule has 140 valence electrons. The summed E-state index contributed by atoms with van der Waals surface area (Å²) in [5.74, 6) is -3.23. The van der Waals surface area contributed by atoms with Crippen LogP contribution in [0.2, 0.25) is 0 Å². The monoisotopic (exact) mass is 351 g/mol. The van der Waals surface area contributed by atoms with E-state index in [1.54, 1.807) is 6.92 Å². The van der Waals surface area contributed by atoms with E-state index >= 15 is 0 Å². The summed E-state index contributed by atoms with van der Waals surface area (Å²) in [6.45, 7) is 8.01. The Morgan fingerprint density at radius 2 is 1.48 bits per heavy atom. The molecule has 0 saturated carbocycles. The molecule has 0 heterocycles. The topological polar surface area (TPSA) is 104 Å². The quantitative estimate of drug-likeness (QED) is 0.391. The fraction of sp³-hybridized carbons (Fsp3) is 0.526. The zero-order chi connectivity index (χ0) is 19.4. The van der Waals surface area contributed by atoms with Crippen molar-refractivity contribution in [3.8, 4) is 0 Å². The van der Waals surface area contributed by atoms with Crippen molar-refractivity contribution < 1.29 is 24.6 Å². The number of amides is 1.